The average Bonchev–Trinajstić information content (AvgIpc) is 2.40. The molecule has 1 fully saturated rings. The van der Waals surface area contributed by atoms with Gasteiger partial charge in [-0.2, -0.15) is 22.0 Å². The molecule has 0 amide bonds. The largest absolute Gasteiger partial charge is 0.391 e. The number of benzene rings is 1. The van der Waals surface area contributed by atoms with Gasteiger partial charge in [-0.1, -0.05) is 23.9 Å². The van der Waals surface area contributed by atoms with Gasteiger partial charge in [-0.3, -0.25) is 0 Å². The van der Waals surface area contributed by atoms with Crippen molar-refractivity contribution in [1.29, 1.82) is 0 Å². The first-order chi connectivity index (χ1) is 9.86. The van der Waals surface area contributed by atoms with E-state index in [1.54, 1.807) is 24.3 Å². The Labute approximate surface area is 124 Å². The zero-order valence-corrected chi connectivity index (χ0v) is 12.0. The summed E-state index contributed by atoms with van der Waals surface area (Å²) in [5, 5.41) is 3.11. The Morgan fingerprint density at radius 2 is 1.67 bits per heavy atom. The Hall–Kier alpha value is -0.980. The minimum Gasteiger partial charge on any atom is -0.381 e. The van der Waals surface area contributed by atoms with Crippen molar-refractivity contribution in [1.82, 2.24) is 0 Å². The van der Waals surface area contributed by atoms with E-state index in [9.17, 15) is 22.0 Å². The standard InChI is InChI=1S/C14H16F5NS/c15-13(16)21-12-4-2-1-3-11(12)20-10-7-5-9(6-8-10)14(17,18)19/h1-4,9-10,13,20H,5-8H2. The average molecular weight is 325 g/mol. The number of hydrogen-bond acceptors (Lipinski definition) is 2. The lowest BCUT2D eigenvalue weighted by Gasteiger charge is -2.31. The third-order valence-electron chi connectivity index (χ3n) is 3.65. The van der Waals surface area contributed by atoms with Crippen molar-refractivity contribution in [2.45, 2.75) is 48.6 Å². The molecule has 1 nitrogen and oxygen atoms in total. The van der Waals surface area contributed by atoms with Crippen LogP contribution < -0.4 is 5.32 Å². The number of para-hydroxylation sites is 1. The fourth-order valence-corrected chi connectivity index (χ4v) is 3.17. The molecule has 1 aliphatic rings. The van der Waals surface area contributed by atoms with Crippen LogP contribution in [0.2, 0.25) is 0 Å². The molecule has 1 N–H and O–H groups in total. The maximum absolute atomic E-state index is 12.6. The van der Waals surface area contributed by atoms with E-state index in [1.165, 1.54) is 0 Å². The van der Waals surface area contributed by atoms with Gasteiger partial charge in [0.1, 0.15) is 0 Å². The van der Waals surface area contributed by atoms with Crippen LogP contribution >= 0.6 is 11.8 Å². The molecule has 1 aliphatic carbocycles. The second kappa shape index (κ2) is 6.85. The predicted molar refractivity (Wildman–Crippen MR) is 73.7 cm³/mol. The summed E-state index contributed by atoms with van der Waals surface area (Å²) in [7, 11) is 0. The lowest BCUT2D eigenvalue weighted by molar-refractivity contribution is -0.182. The zero-order chi connectivity index (χ0) is 15.5. The number of hydrogen-bond donors (Lipinski definition) is 1. The molecule has 0 spiro atoms. The molecule has 0 heterocycles. The smallest absolute Gasteiger partial charge is 0.381 e. The van der Waals surface area contributed by atoms with E-state index in [1.807, 2.05) is 0 Å². The summed E-state index contributed by atoms with van der Waals surface area (Å²) in [5.41, 5.74) is 0.568. The Bertz CT molecular complexity index is 455. The molecule has 0 saturated heterocycles. The van der Waals surface area contributed by atoms with E-state index in [-0.39, 0.29) is 18.9 Å². The zero-order valence-electron chi connectivity index (χ0n) is 11.2. The van der Waals surface area contributed by atoms with E-state index in [0.717, 1.165) is 0 Å². The van der Waals surface area contributed by atoms with E-state index in [0.29, 0.717) is 35.2 Å². The molecular weight excluding hydrogens is 309 g/mol. The molecule has 118 valence electrons. The van der Waals surface area contributed by atoms with Gasteiger partial charge >= 0.3 is 6.18 Å². The van der Waals surface area contributed by atoms with Crippen molar-refractivity contribution >= 4 is 17.4 Å². The summed E-state index contributed by atoms with van der Waals surface area (Å²) in [6, 6.07) is 6.56. The number of anilines is 1. The quantitative estimate of drug-likeness (QED) is 0.576. The van der Waals surface area contributed by atoms with E-state index >= 15 is 0 Å². The summed E-state index contributed by atoms with van der Waals surface area (Å²) >= 11 is 0.443. The molecule has 1 aromatic carbocycles. The molecule has 0 radical (unpaired) electrons. The summed E-state index contributed by atoms with van der Waals surface area (Å²) < 4.78 is 62.7. The van der Waals surface area contributed by atoms with Gasteiger partial charge in [0, 0.05) is 16.6 Å². The Balaban J connectivity index is 1.95. The Morgan fingerprint density at radius 3 is 2.24 bits per heavy atom. The van der Waals surface area contributed by atoms with Crippen LogP contribution in [0.1, 0.15) is 25.7 Å². The molecule has 1 saturated carbocycles. The number of halogens is 5. The van der Waals surface area contributed by atoms with Crippen molar-refractivity contribution in [2.75, 3.05) is 5.32 Å². The monoisotopic (exact) mass is 325 g/mol. The summed E-state index contributed by atoms with van der Waals surface area (Å²) in [6.07, 6.45) is -3.15. The summed E-state index contributed by atoms with van der Waals surface area (Å²) in [4.78, 5) is 0.422. The van der Waals surface area contributed by atoms with Crippen LogP contribution in [-0.4, -0.2) is 18.0 Å². The second-order valence-electron chi connectivity index (χ2n) is 5.11. The van der Waals surface area contributed by atoms with Gasteiger partial charge in [0.15, 0.2) is 0 Å². The van der Waals surface area contributed by atoms with Gasteiger partial charge in [0.05, 0.1) is 5.92 Å². The minimum atomic E-state index is -4.13. The molecule has 21 heavy (non-hydrogen) atoms. The molecule has 0 bridgehead atoms. The van der Waals surface area contributed by atoms with Crippen molar-refractivity contribution in [3.8, 4) is 0 Å². The lowest BCUT2D eigenvalue weighted by atomic mass is 9.85. The van der Waals surface area contributed by atoms with Crippen molar-refractivity contribution in [2.24, 2.45) is 5.92 Å². The molecular formula is C14H16F5NS. The summed E-state index contributed by atoms with van der Waals surface area (Å²) in [6.45, 7) is 0. The number of alkyl halides is 5. The highest BCUT2D eigenvalue weighted by Gasteiger charge is 2.41. The highest BCUT2D eigenvalue weighted by molar-refractivity contribution is 7.99. The molecule has 0 aromatic heterocycles. The SMILES string of the molecule is FC(F)Sc1ccccc1NC1CCC(C(F)(F)F)CC1. The van der Waals surface area contributed by atoms with Crippen molar-refractivity contribution < 1.29 is 22.0 Å². The normalized spacial score (nSPS) is 23.3. The predicted octanol–water partition coefficient (Wildman–Crippen LogP) is 5.53. The van der Waals surface area contributed by atoms with Crippen LogP contribution in [0.25, 0.3) is 0 Å². The third-order valence-corrected chi connectivity index (χ3v) is 4.44. The number of thioether (sulfide) groups is 1. The molecule has 0 unspecified atom stereocenters. The Kier molecular flexibility index (Phi) is 5.35. The van der Waals surface area contributed by atoms with Crippen LogP contribution in [0.3, 0.4) is 0 Å². The second-order valence-corrected chi connectivity index (χ2v) is 6.14. The van der Waals surface area contributed by atoms with Crippen molar-refractivity contribution in [3.63, 3.8) is 0 Å². The van der Waals surface area contributed by atoms with Crippen LogP contribution in [0.4, 0.5) is 27.6 Å². The number of nitrogens with one attached hydrogen (secondary N) is 1. The maximum Gasteiger partial charge on any atom is 0.391 e. The fourth-order valence-electron chi connectivity index (χ4n) is 2.57. The van der Waals surface area contributed by atoms with Gasteiger partial charge in [0.2, 0.25) is 0 Å². The topological polar surface area (TPSA) is 12.0 Å². The highest BCUT2D eigenvalue weighted by atomic mass is 32.2. The molecule has 0 aliphatic heterocycles. The van der Waals surface area contributed by atoms with E-state index in [4.69, 9.17) is 0 Å². The third kappa shape index (κ3) is 4.76. The van der Waals surface area contributed by atoms with Gasteiger partial charge in [-0.05, 0) is 37.8 Å². The van der Waals surface area contributed by atoms with Gasteiger partial charge in [-0.15, -0.1) is 0 Å². The minimum absolute atomic E-state index is 0.0886. The van der Waals surface area contributed by atoms with Crippen molar-refractivity contribution in [3.05, 3.63) is 24.3 Å². The first-order valence-corrected chi connectivity index (χ1v) is 7.61. The van der Waals surface area contributed by atoms with Crippen LogP contribution in [0, 0.1) is 5.92 Å². The van der Waals surface area contributed by atoms with Crippen LogP contribution in [0.15, 0.2) is 29.2 Å². The van der Waals surface area contributed by atoms with Crippen LogP contribution in [-0.2, 0) is 0 Å². The van der Waals surface area contributed by atoms with E-state index in [2.05, 4.69) is 5.32 Å². The molecule has 0 atom stereocenters. The maximum atomic E-state index is 12.6. The lowest BCUT2D eigenvalue weighted by Crippen LogP contribution is -2.32. The van der Waals surface area contributed by atoms with Crippen LogP contribution in [0.5, 0.6) is 0 Å². The first kappa shape index (κ1) is 16.4. The first-order valence-electron chi connectivity index (χ1n) is 6.73. The Morgan fingerprint density at radius 1 is 1.05 bits per heavy atom. The number of rotatable bonds is 4. The van der Waals surface area contributed by atoms with Gasteiger partial charge in [-0.25, -0.2) is 0 Å². The summed E-state index contributed by atoms with van der Waals surface area (Å²) in [5.74, 6) is -3.75. The van der Waals surface area contributed by atoms with Gasteiger partial charge in [0.25, 0.3) is 5.76 Å². The fraction of sp³-hybridized carbons (Fsp3) is 0.571. The molecule has 1 aromatic rings. The molecule has 2 rings (SSSR count). The highest BCUT2D eigenvalue weighted by Crippen LogP contribution is 2.39. The van der Waals surface area contributed by atoms with E-state index < -0.39 is 17.9 Å². The molecule has 7 heteroatoms. The van der Waals surface area contributed by atoms with Gasteiger partial charge < -0.3 is 5.32 Å².